The van der Waals surface area contributed by atoms with Crippen LogP contribution in [0.2, 0.25) is 10.0 Å². The molecule has 3 rings (SSSR count). The molecule has 2 aromatic heterocycles. The van der Waals surface area contributed by atoms with Crippen molar-refractivity contribution in [3.8, 4) is 0 Å². The number of pyridine rings is 1. The van der Waals surface area contributed by atoms with Crippen molar-refractivity contribution in [2.45, 2.75) is 6.42 Å². The first kappa shape index (κ1) is 17.5. The van der Waals surface area contributed by atoms with Crippen molar-refractivity contribution in [3.05, 3.63) is 70.6 Å². The van der Waals surface area contributed by atoms with E-state index in [2.05, 4.69) is 20.3 Å². The summed E-state index contributed by atoms with van der Waals surface area (Å²) in [7, 11) is 1.96. The van der Waals surface area contributed by atoms with Gasteiger partial charge in [-0.05, 0) is 42.3 Å². The van der Waals surface area contributed by atoms with Crippen molar-refractivity contribution in [1.29, 1.82) is 0 Å². The van der Waals surface area contributed by atoms with E-state index in [1.807, 2.05) is 24.1 Å². The Morgan fingerprint density at radius 1 is 1.00 bits per heavy atom. The maximum atomic E-state index is 6.19. The van der Waals surface area contributed by atoms with Crippen LogP contribution in [0.4, 0.5) is 17.5 Å². The lowest BCUT2D eigenvalue weighted by atomic mass is 10.2. The van der Waals surface area contributed by atoms with Crippen LogP contribution in [0.3, 0.4) is 0 Å². The lowest BCUT2D eigenvalue weighted by molar-refractivity contribution is 0.837. The topological polar surface area (TPSA) is 53.9 Å². The maximum absolute atomic E-state index is 6.19. The van der Waals surface area contributed by atoms with E-state index in [-0.39, 0.29) is 0 Å². The standard InChI is InChI=1S/C18H17Cl2N5/c1-25(12-8-13-5-9-21-10-6-13)18-22-11-7-16(24-18)23-17-14(19)3-2-4-15(17)20/h2-7,9-11H,8,12H2,1H3,(H,22,23,24). The number of rotatable bonds is 6. The molecule has 25 heavy (non-hydrogen) atoms. The van der Waals surface area contributed by atoms with Crippen LogP contribution in [0, 0.1) is 0 Å². The Balaban J connectivity index is 1.70. The summed E-state index contributed by atoms with van der Waals surface area (Å²) in [6.07, 6.45) is 6.18. The van der Waals surface area contributed by atoms with E-state index in [1.165, 1.54) is 5.56 Å². The second kappa shape index (κ2) is 8.14. The highest BCUT2D eigenvalue weighted by Crippen LogP contribution is 2.32. The van der Waals surface area contributed by atoms with Crippen molar-refractivity contribution in [2.75, 3.05) is 23.8 Å². The third-order valence-corrected chi connectivity index (χ3v) is 4.32. The molecule has 0 spiro atoms. The fourth-order valence-electron chi connectivity index (χ4n) is 2.29. The van der Waals surface area contributed by atoms with Gasteiger partial charge in [0.05, 0.1) is 15.7 Å². The van der Waals surface area contributed by atoms with Crippen LogP contribution in [0.15, 0.2) is 55.0 Å². The summed E-state index contributed by atoms with van der Waals surface area (Å²) in [4.78, 5) is 14.9. The highest BCUT2D eigenvalue weighted by Gasteiger charge is 2.09. The van der Waals surface area contributed by atoms with Crippen LogP contribution in [0.5, 0.6) is 0 Å². The Kier molecular flexibility index (Phi) is 5.68. The van der Waals surface area contributed by atoms with Crippen molar-refractivity contribution < 1.29 is 0 Å². The highest BCUT2D eigenvalue weighted by molar-refractivity contribution is 6.39. The molecule has 0 saturated heterocycles. The Bertz CT molecular complexity index is 822. The molecule has 0 amide bonds. The first-order chi connectivity index (χ1) is 12.1. The second-order valence-electron chi connectivity index (χ2n) is 5.49. The average Bonchev–Trinajstić information content (AvgIpc) is 2.64. The van der Waals surface area contributed by atoms with Crippen molar-refractivity contribution in [2.24, 2.45) is 0 Å². The number of hydrogen-bond acceptors (Lipinski definition) is 5. The number of likely N-dealkylation sites (N-methyl/N-ethyl adjacent to an activating group) is 1. The lowest BCUT2D eigenvalue weighted by Crippen LogP contribution is -2.22. The van der Waals surface area contributed by atoms with Gasteiger partial charge in [-0.2, -0.15) is 4.98 Å². The van der Waals surface area contributed by atoms with Crippen LogP contribution in [0.1, 0.15) is 5.56 Å². The monoisotopic (exact) mass is 373 g/mol. The van der Waals surface area contributed by atoms with Gasteiger partial charge in [-0.15, -0.1) is 0 Å². The van der Waals surface area contributed by atoms with E-state index in [9.17, 15) is 0 Å². The largest absolute Gasteiger partial charge is 0.343 e. The fourth-order valence-corrected chi connectivity index (χ4v) is 2.79. The van der Waals surface area contributed by atoms with Crippen molar-refractivity contribution in [3.63, 3.8) is 0 Å². The third-order valence-electron chi connectivity index (χ3n) is 3.69. The zero-order valence-electron chi connectivity index (χ0n) is 13.7. The van der Waals surface area contributed by atoms with Gasteiger partial charge in [0.25, 0.3) is 0 Å². The number of anilines is 3. The molecule has 2 heterocycles. The maximum Gasteiger partial charge on any atom is 0.227 e. The molecule has 0 radical (unpaired) electrons. The van der Waals surface area contributed by atoms with E-state index < -0.39 is 0 Å². The summed E-state index contributed by atoms with van der Waals surface area (Å²) in [6.45, 7) is 0.792. The zero-order chi connectivity index (χ0) is 17.6. The molecule has 0 unspecified atom stereocenters. The normalized spacial score (nSPS) is 10.5. The predicted octanol–water partition coefficient (Wildman–Crippen LogP) is 4.60. The molecular formula is C18H17Cl2N5. The van der Waals surface area contributed by atoms with Crippen LogP contribution in [0.25, 0.3) is 0 Å². The first-order valence-electron chi connectivity index (χ1n) is 7.77. The molecule has 128 valence electrons. The second-order valence-corrected chi connectivity index (χ2v) is 6.30. The molecule has 0 saturated carbocycles. The number of aromatic nitrogens is 3. The van der Waals surface area contributed by atoms with E-state index in [4.69, 9.17) is 23.2 Å². The highest BCUT2D eigenvalue weighted by atomic mass is 35.5. The summed E-state index contributed by atoms with van der Waals surface area (Å²) in [5, 5.41) is 4.24. The molecule has 0 aliphatic carbocycles. The SMILES string of the molecule is CN(CCc1ccncc1)c1nccc(Nc2c(Cl)cccc2Cl)n1. The number of para-hydroxylation sites is 1. The van der Waals surface area contributed by atoms with E-state index in [1.54, 1.807) is 42.9 Å². The van der Waals surface area contributed by atoms with Crippen molar-refractivity contribution >= 4 is 40.7 Å². The molecule has 3 aromatic rings. The van der Waals surface area contributed by atoms with Gasteiger partial charge in [0.2, 0.25) is 5.95 Å². The number of nitrogens with one attached hydrogen (secondary N) is 1. The van der Waals surface area contributed by atoms with Gasteiger partial charge >= 0.3 is 0 Å². The Morgan fingerprint density at radius 2 is 1.72 bits per heavy atom. The van der Waals surface area contributed by atoms with Gasteiger partial charge in [-0.3, -0.25) is 4.98 Å². The minimum absolute atomic E-state index is 0.540. The van der Waals surface area contributed by atoms with Gasteiger partial charge in [-0.25, -0.2) is 4.98 Å². The summed E-state index contributed by atoms with van der Waals surface area (Å²) in [5.41, 5.74) is 1.86. The predicted molar refractivity (Wildman–Crippen MR) is 103 cm³/mol. The van der Waals surface area contributed by atoms with E-state index >= 15 is 0 Å². The number of nitrogens with zero attached hydrogens (tertiary/aromatic N) is 4. The molecule has 0 aliphatic rings. The number of halogens is 2. The summed E-state index contributed by atoms with van der Waals surface area (Å²) in [5.74, 6) is 1.26. The summed E-state index contributed by atoms with van der Waals surface area (Å²) < 4.78 is 0. The minimum atomic E-state index is 0.540. The number of hydrogen-bond donors (Lipinski definition) is 1. The fraction of sp³-hybridized carbons (Fsp3) is 0.167. The third kappa shape index (κ3) is 4.59. The first-order valence-corrected chi connectivity index (χ1v) is 8.53. The van der Waals surface area contributed by atoms with Crippen LogP contribution >= 0.6 is 23.2 Å². The summed E-state index contributed by atoms with van der Waals surface area (Å²) >= 11 is 12.4. The molecule has 0 fully saturated rings. The Labute approximate surface area is 156 Å². The summed E-state index contributed by atoms with van der Waals surface area (Å²) in [6, 6.07) is 11.1. The van der Waals surface area contributed by atoms with Gasteiger partial charge in [0, 0.05) is 32.2 Å². The van der Waals surface area contributed by atoms with E-state index in [0.29, 0.717) is 27.5 Å². The van der Waals surface area contributed by atoms with Crippen molar-refractivity contribution in [1.82, 2.24) is 15.0 Å². The minimum Gasteiger partial charge on any atom is -0.343 e. The smallest absolute Gasteiger partial charge is 0.227 e. The Morgan fingerprint density at radius 3 is 2.44 bits per heavy atom. The molecule has 1 aromatic carbocycles. The molecule has 0 atom stereocenters. The van der Waals surface area contributed by atoms with Crippen LogP contribution in [-0.2, 0) is 6.42 Å². The molecule has 5 nitrogen and oxygen atoms in total. The Hall–Kier alpha value is -2.37. The molecule has 0 aliphatic heterocycles. The quantitative estimate of drug-likeness (QED) is 0.683. The average molecular weight is 374 g/mol. The number of benzene rings is 1. The lowest BCUT2D eigenvalue weighted by Gasteiger charge is -2.18. The van der Waals surface area contributed by atoms with Gasteiger partial charge in [-0.1, -0.05) is 29.3 Å². The van der Waals surface area contributed by atoms with Gasteiger partial charge in [0.15, 0.2) is 0 Å². The van der Waals surface area contributed by atoms with E-state index in [0.717, 1.165) is 13.0 Å². The molecule has 0 bridgehead atoms. The molecular weight excluding hydrogens is 357 g/mol. The molecule has 1 N–H and O–H groups in total. The van der Waals surface area contributed by atoms with Gasteiger partial charge < -0.3 is 10.2 Å². The molecule has 7 heteroatoms. The van der Waals surface area contributed by atoms with Gasteiger partial charge in [0.1, 0.15) is 5.82 Å². The zero-order valence-corrected chi connectivity index (χ0v) is 15.2. The van der Waals surface area contributed by atoms with Crippen LogP contribution in [-0.4, -0.2) is 28.5 Å². The van der Waals surface area contributed by atoms with Crippen LogP contribution < -0.4 is 10.2 Å².